The fourth-order valence-corrected chi connectivity index (χ4v) is 4.25. The summed E-state index contributed by atoms with van der Waals surface area (Å²) < 4.78 is 5.37. The summed E-state index contributed by atoms with van der Waals surface area (Å²) in [7, 11) is 1.59. The molecule has 1 aromatic rings. The lowest BCUT2D eigenvalue weighted by Crippen LogP contribution is -2.29. The van der Waals surface area contributed by atoms with Gasteiger partial charge in [0.05, 0.1) is 7.11 Å². The van der Waals surface area contributed by atoms with E-state index in [4.69, 9.17) is 4.74 Å². The van der Waals surface area contributed by atoms with Crippen LogP contribution in [0.1, 0.15) is 42.0 Å². The van der Waals surface area contributed by atoms with E-state index in [9.17, 15) is 9.90 Å². The first-order chi connectivity index (χ1) is 10.1. The van der Waals surface area contributed by atoms with Gasteiger partial charge in [-0.1, -0.05) is 6.08 Å². The molecule has 0 radical (unpaired) electrons. The fraction of sp³-hybridized carbons (Fsp3) is 0.471. The van der Waals surface area contributed by atoms with Gasteiger partial charge in [0, 0.05) is 23.4 Å². The lowest BCUT2D eigenvalue weighted by Gasteiger charge is -2.30. The van der Waals surface area contributed by atoms with Crippen LogP contribution < -0.4 is 10.1 Å². The predicted octanol–water partition coefficient (Wildman–Crippen LogP) is 2.15. The minimum Gasteiger partial charge on any atom is -0.504 e. The lowest BCUT2D eigenvalue weighted by atomic mass is 9.73. The van der Waals surface area contributed by atoms with Crippen LogP contribution >= 0.6 is 0 Å². The maximum atomic E-state index is 11.6. The Morgan fingerprint density at radius 1 is 1.43 bits per heavy atom. The maximum Gasteiger partial charge on any atom is 0.162 e. The van der Waals surface area contributed by atoms with Crippen molar-refractivity contribution < 1.29 is 14.6 Å². The van der Waals surface area contributed by atoms with E-state index in [0.29, 0.717) is 12.2 Å². The first kappa shape index (κ1) is 12.9. The molecule has 1 aliphatic heterocycles. The molecule has 4 heteroatoms. The van der Waals surface area contributed by atoms with Crippen LogP contribution in [-0.2, 0) is 16.6 Å². The van der Waals surface area contributed by atoms with Gasteiger partial charge in [0.1, 0.15) is 0 Å². The normalized spacial score (nSPS) is 29.8. The highest BCUT2D eigenvalue weighted by molar-refractivity contribution is 5.91. The Hall–Kier alpha value is -1.81. The van der Waals surface area contributed by atoms with Gasteiger partial charge in [-0.25, -0.2) is 0 Å². The maximum absolute atomic E-state index is 11.6. The fourth-order valence-electron chi connectivity index (χ4n) is 4.25. The second-order valence-corrected chi connectivity index (χ2v) is 6.29. The molecule has 1 heterocycles. The van der Waals surface area contributed by atoms with Crippen LogP contribution in [0.15, 0.2) is 18.2 Å². The smallest absolute Gasteiger partial charge is 0.162 e. The Labute approximate surface area is 123 Å². The standard InChI is InChI=1S/C17H19NO3/c1-21-13-8-10-4-7-18-12-9-17(5-2-11(19)3-6-17)15(14(10)12)16(13)20/h2,5,8,12,18,20H,3-4,6-7,9H2,1H3/t12-,17-/m0/s1. The van der Waals surface area contributed by atoms with Gasteiger partial charge in [0.25, 0.3) is 0 Å². The third-order valence-electron chi connectivity index (χ3n) is 5.22. The molecule has 3 aliphatic rings. The summed E-state index contributed by atoms with van der Waals surface area (Å²) in [6.07, 6.45) is 6.89. The van der Waals surface area contributed by atoms with Crippen LogP contribution in [0.4, 0.5) is 0 Å². The van der Waals surface area contributed by atoms with Crippen molar-refractivity contribution in [3.63, 3.8) is 0 Å². The summed E-state index contributed by atoms with van der Waals surface area (Å²) >= 11 is 0. The highest BCUT2D eigenvalue weighted by Crippen LogP contribution is 2.57. The number of rotatable bonds is 1. The van der Waals surface area contributed by atoms with Crippen molar-refractivity contribution in [3.05, 3.63) is 34.9 Å². The number of ether oxygens (including phenoxy) is 1. The highest BCUT2D eigenvalue weighted by Gasteiger charge is 2.48. The van der Waals surface area contributed by atoms with E-state index in [1.807, 2.05) is 12.1 Å². The Morgan fingerprint density at radius 2 is 2.29 bits per heavy atom. The van der Waals surface area contributed by atoms with Crippen molar-refractivity contribution in [2.24, 2.45) is 0 Å². The van der Waals surface area contributed by atoms with Crippen LogP contribution in [-0.4, -0.2) is 24.5 Å². The molecule has 0 amide bonds. The van der Waals surface area contributed by atoms with E-state index in [-0.39, 0.29) is 23.0 Å². The SMILES string of the molecule is COc1cc2c3c(c1O)[C@]1(C=CC(=O)CC1)C[C@@H]3NCC2. The number of methoxy groups -OCH3 is 1. The quantitative estimate of drug-likeness (QED) is 0.830. The Balaban J connectivity index is 1.98. The number of aromatic hydroxyl groups is 1. The predicted molar refractivity (Wildman–Crippen MR) is 78.8 cm³/mol. The van der Waals surface area contributed by atoms with Gasteiger partial charge in [-0.2, -0.15) is 0 Å². The van der Waals surface area contributed by atoms with Crippen molar-refractivity contribution in [3.8, 4) is 11.5 Å². The molecule has 4 rings (SSSR count). The summed E-state index contributed by atoms with van der Waals surface area (Å²) in [5, 5.41) is 14.2. The second kappa shape index (κ2) is 4.34. The number of phenolic OH excluding ortho intramolecular Hbond substituents is 1. The highest BCUT2D eigenvalue weighted by atomic mass is 16.5. The molecule has 4 nitrogen and oxygen atoms in total. The van der Waals surface area contributed by atoms with Gasteiger partial charge in [-0.15, -0.1) is 0 Å². The van der Waals surface area contributed by atoms with Gasteiger partial charge < -0.3 is 15.2 Å². The van der Waals surface area contributed by atoms with Crippen molar-refractivity contribution in [2.75, 3.05) is 13.7 Å². The number of fused-ring (bicyclic) bond motifs is 1. The molecule has 2 aliphatic carbocycles. The number of carbonyl (C=O) groups is 1. The number of benzene rings is 1. The van der Waals surface area contributed by atoms with E-state index < -0.39 is 0 Å². The van der Waals surface area contributed by atoms with E-state index in [1.165, 1.54) is 11.1 Å². The molecule has 2 atom stereocenters. The van der Waals surface area contributed by atoms with Crippen molar-refractivity contribution in [1.82, 2.24) is 5.32 Å². The van der Waals surface area contributed by atoms with Gasteiger partial charge in [-0.05, 0) is 49.1 Å². The minimum atomic E-state index is -0.224. The number of hydrogen-bond acceptors (Lipinski definition) is 4. The molecule has 0 bridgehead atoms. The van der Waals surface area contributed by atoms with Gasteiger partial charge in [0.2, 0.25) is 0 Å². The molecule has 1 spiro atoms. The van der Waals surface area contributed by atoms with E-state index in [1.54, 1.807) is 13.2 Å². The summed E-state index contributed by atoms with van der Waals surface area (Å²) in [5.74, 6) is 0.980. The number of phenols is 1. The number of carbonyl (C=O) groups excluding carboxylic acids is 1. The Bertz CT molecular complexity index is 664. The van der Waals surface area contributed by atoms with Crippen LogP contribution in [0.2, 0.25) is 0 Å². The average molecular weight is 285 g/mol. The largest absolute Gasteiger partial charge is 0.504 e. The molecule has 2 N–H and O–H groups in total. The van der Waals surface area contributed by atoms with Gasteiger partial charge >= 0.3 is 0 Å². The number of allylic oxidation sites excluding steroid dienone is 2. The van der Waals surface area contributed by atoms with Crippen LogP contribution in [0, 0.1) is 0 Å². The van der Waals surface area contributed by atoms with Gasteiger partial charge in [-0.3, -0.25) is 4.79 Å². The summed E-state index contributed by atoms with van der Waals surface area (Å²) in [6, 6.07) is 2.25. The first-order valence-electron chi connectivity index (χ1n) is 7.53. The lowest BCUT2D eigenvalue weighted by molar-refractivity contribution is -0.115. The molecule has 21 heavy (non-hydrogen) atoms. The van der Waals surface area contributed by atoms with Crippen LogP contribution in [0.25, 0.3) is 0 Å². The monoisotopic (exact) mass is 285 g/mol. The first-order valence-corrected chi connectivity index (χ1v) is 7.53. The summed E-state index contributed by atoms with van der Waals surface area (Å²) in [4.78, 5) is 11.6. The molecule has 0 fully saturated rings. The van der Waals surface area contributed by atoms with E-state index in [0.717, 1.165) is 31.4 Å². The third kappa shape index (κ3) is 1.69. The topological polar surface area (TPSA) is 58.6 Å². The number of nitrogens with one attached hydrogen (secondary N) is 1. The third-order valence-corrected chi connectivity index (χ3v) is 5.22. The molecule has 0 unspecified atom stereocenters. The zero-order chi connectivity index (χ0) is 14.6. The zero-order valence-electron chi connectivity index (χ0n) is 12.1. The number of hydrogen-bond donors (Lipinski definition) is 2. The molecule has 110 valence electrons. The zero-order valence-corrected chi connectivity index (χ0v) is 12.1. The van der Waals surface area contributed by atoms with E-state index in [2.05, 4.69) is 5.32 Å². The van der Waals surface area contributed by atoms with E-state index >= 15 is 0 Å². The van der Waals surface area contributed by atoms with Crippen molar-refractivity contribution >= 4 is 5.78 Å². The summed E-state index contributed by atoms with van der Waals surface area (Å²) in [5.41, 5.74) is 3.26. The van der Waals surface area contributed by atoms with Crippen molar-refractivity contribution in [1.29, 1.82) is 0 Å². The molecule has 0 aromatic heterocycles. The van der Waals surface area contributed by atoms with Gasteiger partial charge in [0.15, 0.2) is 17.3 Å². The molecular weight excluding hydrogens is 266 g/mol. The molecular formula is C17H19NO3. The second-order valence-electron chi connectivity index (χ2n) is 6.29. The van der Waals surface area contributed by atoms with Crippen molar-refractivity contribution in [2.45, 2.75) is 37.1 Å². The molecule has 1 aromatic carbocycles. The van der Waals surface area contributed by atoms with Crippen LogP contribution in [0.3, 0.4) is 0 Å². The minimum absolute atomic E-state index is 0.177. The number of ketones is 1. The summed E-state index contributed by atoms with van der Waals surface area (Å²) in [6.45, 7) is 0.948. The Morgan fingerprint density at radius 3 is 3.00 bits per heavy atom. The average Bonchev–Trinajstić information content (AvgIpc) is 2.82. The molecule has 0 saturated heterocycles. The molecule has 0 saturated carbocycles. The Kier molecular flexibility index (Phi) is 2.67. The van der Waals surface area contributed by atoms with Crippen LogP contribution in [0.5, 0.6) is 11.5 Å².